The van der Waals surface area contributed by atoms with E-state index >= 15 is 0 Å². The van der Waals surface area contributed by atoms with Gasteiger partial charge in [0.25, 0.3) is 0 Å². The summed E-state index contributed by atoms with van der Waals surface area (Å²) in [6.07, 6.45) is 39.5. The average Bonchev–Trinajstić information content (AvgIpc) is 2.96. The van der Waals surface area contributed by atoms with Crippen molar-refractivity contribution in [1.29, 1.82) is 0 Å². The summed E-state index contributed by atoms with van der Waals surface area (Å²) in [5, 5.41) is 9.45. The molecule has 0 spiro atoms. The lowest BCUT2D eigenvalue weighted by atomic mass is 10.0. The average molecular weight is 579 g/mol. The quantitative estimate of drug-likeness (QED) is 0.0478. The first kappa shape index (κ1) is 39.7. The van der Waals surface area contributed by atoms with Crippen molar-refractivity contribution in [2.24, 2.45) is 0 Å². The standard InChI is InChI=1S/C37H70O4/c1-3-5-7-9-11-13-15-17-18-19-20-22-24-26-28-30-32-34-36(38)41-35(37(39)40)33-31-29-27-25-23-21-16-14-12-10-8-6-4-2/h17-18,35H,3-16,19-34H2,1-2H3,(H,39,40)/b18-17-. The van der Waals surface area contributed by atoms with Gasteiger partial charge in [0.15, 0.2) is 6.10 Å². The van der Waals surface area contributed by atoms with Crippen LogP contribution < -0.4 is 0 Å². The Hall–Kier alpha value is -1.32. The topological polar surface area (TPSA) is 63.6 Å². The summed E-state index contributed by atoms with van der Waals surface area (Å²) >= 11 is 0. The van der Waals surface area contributed by atoms with Crippen LogP contribution in [0.2, 0.25) is 0 Å². The largest absolute Gasteiger partial charge is 0.479 e. The third kappa shape index (κ3) is 31.4. The maximum absolute atomic E-state index is 12.2. The van der Waals surface area contributed by atoms with E-state index in [-0.39, 0.29) is 5.97 Å². The fourth-order valence-corrected chi connectivity index (χ4v) is 5.49. The molecule has 1 atom stereocenters. The van der Waals surface area contributed by atoms with E-state index in [0.717, 1.165) is 38.5 Å². The number of carbonyl (C=O) groups excluding carboxylic acids is 1. The van der Waals surface area contributed by atoms with Gasteiger partial charge in [0.05, 0.1) is 0 Å². The molecular formula is C37H70O4. The lowest BCUT2D eigenvalue weighted by Crippen LogP contribution is -2.27. The number of carbonyl (C=O) groups is 2. The van der Waals surface area contributed by atoms with Crippen molar-refractivity contribution in [1.82, 2.24) is 0 Å². The molecule has 4 nitrogen and oxygen atoms in total. The van der Waals surface area contributed by atoms with Crippen LogP contribution in [-0.4, -0.2) is 23.1 Å². The molecule has 1 N–H and O–H groups in total. The van der Waals surface area contributed by atoms with Crippen molar-refractivity contribution >= 4 is 11.9 Å². The van der Waals surface area contributed by atoms with Crippen LogP contribution in [0.3, 0.4) is 0 Å². The minimum atomic E-state index is -1.01. The first-order chi connectivity index (χ1) is 20.1. The van der Waals surface area contributed by atoms with Crippen LogP contribution in [0.4, 0.5) is 0 Å². The number of carboxylic acid groups (broad SMARTS) is 1. The lowest BCUT2D eigenvalue weighted by molar-refractivity contribution is -0.164. The van der Waals surface area contributed by atoms with E-state index in [9.17, 15) is 14.7 Å². The van der Waals surface area contributed by atoms with Crippen LogP contribution in [0, 0.1) is 0 Å². The van der Waals surface area contributed by atoms with Crippen molar-refractivity contribution in [2.75, 3.05) is 0 Å². The summed E-state index contributed by atoms with van der Waals surface area (Å²) in [5.74, 6) is -1.35. The molecule has 0 aromatic carbocycles. The van der Waals surface area contributed by atoms with E-state index in [2.05, 4.69) is 26.0 Å². The Bertz CT molecular complexity index is 585. The fourth-order valence-electron chi connectivity index (χ4n) is 5.49. The molecule has 0 aliphatic heterocycles. The van der Waals surface area contributed by atoms with Gasteiger partial charge in [-0.2, -0.15) is 0 Å². The molecule has 41 heavy (non-hydrogen) atoms. The molecule has 0 saturated carbocycles. The highest BCUT2D eigenvalue weighted by molar-refractivity contribution is 5.77. The first-order valence-electron chi connectivity index (χ1n) is 18.2. The van der Waals surface area contributed by atoms with Crippen LogP contribution in [0.25, 0.3) is 0 Å². The number of rotatable bonds is 33. The number of allylic oxidation sites excluding steroid dienone is 2. The zero-order valence-electron chi connectivity index (χ0n) is 27.6. The molecule has 0 aliphatic rings. The van der Waals surface area contributed by atoms with Crippen LogP contribution in [0.5, 0.6) is 0 Å². The van der Waals surface area contributed by atoms with Gasteiger partial charge in [0.2, 0.25) is 0 Å². The fraction of sp³-hybridized carbons (Fsp3) is 0.892. The van der Waals surface area contributed by atoms with Gasteiger partial charge in [0.1, 0.15) is 0 Å². The number of esters is 1. The van der Waals surface area contributed by atoms with Gasteiger partial charge < -0.3 is 9.84 Å². The Labute approximate surface area is 255 Å². The SMILES string of the molecule is CCCCCCCC/C=C\CCCCCCCCCC(=O)OC(CCCCCCCCCCCCCCC)C(=O)O. The van der Waals surface area contributed by atoms with Crippen LogP contribution >= 0.6 is 0 Å². The van der Waals surface area contributed by atoms with Crippen LogP contribution in [0.15, 0.2) is 12.2 Å². The van der Waals surface area contributed by atoms with Gasteiger partial charge in [-0.25, -0.2) is 4.79 Å². The summed E-state index contributed by atoms with van der Waals surface area (Å²) in [4.78, 5) is 23.7. The second kappa shape index (κ2) is 33.2. The predicted molar refractivity (Wildman–Crippen MR) is 177 cm³/mol. The molecule has 0 radical (unpaired) electrons. The molecule has 0 aromatic heterocycles. The molecule has 0 bridgehead atoms. The monoisotopic (exact) mass is 579 g/mol. The third-order valence-corrected chi connectivity index (χ3v) is 8.26. The van der Waals surface area contributed by atoms with Crippen molar-refractivity contribution < 1.29 is 19.4 Å². The highest BCUT2D eigenvalue weighted by atomic mass is 16.6. The second-order valence-corrected chi connectivity index (χ2v) is 12.4. The first-order valence-corrected chi connectivity index (χ1v) is 18.2. The number of unbranched alkanes of at least 4 members (excludes halogenated alkanes) is 25. The molecule has 0 saturated heterocycles. The summed E-state index contributed by atoms with van der Waals surface area (Å²) in [6, 6.07) is 0. The van der Waals surface area contributed by atoms with E-state index in [1.54, 1.807) is 0 Å². The van der Waals surface area contributed by atoms with E-state index in [0.29, 0.717) is 12.8 Å². The van der Waals surface area contributed by atoms with E-state index in [4.69, 9.17) is 4.74 Å². The van der Waals surface area contributed by atoms with Crippen molar-refractivity contribution in [2.45, 2.75) is 213 Å². The van der Waals surface area contributed by atoms with Crippen LogP contribution in [-0.2, 0) is 14.3 Å². The number of hydrogen-bond acceptors (Lipinski definition) is 3. The van der Waals surface area contributed by atoms with Crippen molar-refractivity contribution in [3.63, 3.8) is 0 Å². The molecule has 0 heterocycles. The number of ether oxygens (including phenoxy) is 1. The molecule has 0 amide bonds. The van der Waals surface area contributed by atoms with Gasteiger partial charge in [0, 0.05) is 6.42 Å². The Kier molecular flexibility index (Phi) is 32.1. The van der Waals surface area contributed by atoms with Gasteiger partial charge in [-0.05, 0) is 44.9 Å². The zero-order valence-corrected chi connectivity index (χ0v) is 27.6. The van der Waals surface area contributed by atoms with Gasteiger partial charge in [-0.15, -0.1) is 0 Å². The molecule has 242 valence electrons. The van der Waals surface area contributed by atoms with Crippen molar-refractivity contribution in [3.05, 3.63) is 12.2 Å². The predicted octanol–water partition coefficient (Wildman–Crippen LogP) is 12.3. The lowest BCUT2D eigenvalue weighted by Gasteiger charge is -2.13. The highest BCUT2D eigenvalue weighted by Crippen LogP contribution is 2.16. The molecule has 0 aromatic rings. The maximum Gasteiger partial charge on any atom is 0.345 e. The summed E-state index contributed by atoms with van der Waals surface area (Å²) < 4.78 is 5.30. The maximum atomic E-state index is 12.2. The molecule has 0 fully saturated rings. The van der Waals surface area contributed by atoms with Gasteiger partial charge in [-0.3, -0.25) is 4.79 Å². The Morgan fingerprint density at radius 1 is 0.512 bits per heavy atom. The molecule has 0 rings (SSSR count). The smallest absolute Gasteiger partial charge is 0.345 e. The number of carboxylic acids is 1. The van der Waals surface area contributed by atoms with E-state index in [1.807, 2.05) is 0 Å². The molecular weight excluding hydrogens is 508 g/mol. The third-order valence-electron chi connectivity index (χ3n) is 8.26. The highest BCUT2D eigenvalue weighted by Gasteiger charge is 2.21. The normalized spacial score (nSPS) is 12.2. The van der Waals surface area contributed by atoms with Gasteiger partial charge >= 0.3 is 11.9 Å². The number of hydrogen-bond donors (Lipinski definition) is 1. The van der Waals surface area contributed by atoms with E-state index in [1.165, 1.54) is 141 Å². The minimum absolute atomic E-state index is 0.339. The molecule has 1 unspecified atom stereocenters. The summed E-state index contributed by atoms with van der Waals surface area (Å²) in [6.45, 7) is 4.53. The van der Waals surface area contributed by atoms with Crippen molar-refractivity contribution in [3.8, 4) is 0 Å². The molecule has 4 heteroatoms. The molecule has 0 aliphatic carbocycles. The van der Waals surface area contributed by atoms with Crippen LogP contribution in [0.1, 0.15) is 206 Å². The zero-order chi connectivity index (χ0) is 30.1. The second-order valence-electron chi connectivity index (χ2n) is 12.4. The summed E-state index contributed by atoms with van der Waals surface area (Å²) in [5.41, 5.74) is 0. The Balaban J connectivity index is 3.55. The van der Waals surface area contributed by atoms with Gasteiger partial charge in [-0.1, -0.05) is 167 Å². The number of aliphatic carboxylic acids is 1. The summed E-state index contributed by atoms with van der Waals surface area (Å²) in [7, 11) is 0. The minimum Gasteiger partial charge on any atom is -0.479 e. The Morgan fingerprint density at radius 3 is 1.24 bits per heavy atom. The van der Waals surface area contributed by atoms with E-state index < -0.39 is 12.1 Å². The Morgan fingerprint density at radius 2 is 0.854 bits per heavy atom.